The maximum Gasteiger partial charge on any atom is 0.490 e. The maximum absolute atomic E-state index is 12.9. The van der Waals surface area contributed by atoms with Gasteiger partial charge in [-0.2, -0.15) is 13.2 Å². The van der Waals surface area contributed by atoms with Gasteiger partial charge in [0, 0.05) is 38.4 Å². The number of amides is 2. The van der Waals surface area contributed by atoms with E-state index < -0.39 is 12.1 Å². The molecule has 1 aromatic heterocycles. The molecule has 3 heterocycles. The molecular weight excluding hydrogens is 493 g/mol. The zero-order chi connectivity index (χ0) is 26.6. The zero-order valence-corrected chi connectivity index (χ0v) is 20.4. The molecule has 12 heteroatoms. The van der Waals surface area contributed by atoms with Crippen LogP contribution in [0.4, 0.5) is 13.2 Å². The van der Waals surface area contributed by atoms with E-state index in [1.165, 1.54) is 12.8 Å². The van der Waals surface area contributed by atoms with Gasteiger partial charge in [0.1, 0.15) is 6.10 Å². The van der Waals surface area contributed by atoms with Crippen LogP contribution >= 0.6 is 0 Å². The van der Waals surface area contributed by atoms with E-state index in [1.807, 2.05) is 17.0 Å². The number of halogens is 3. The molecule has 202 valence electrons. The van der Waals surface area contributed by atoms with Gasteiger partial charge in [0.05, 0.1) is 5.92 Å². The number of carboxylic acids is 1. The number of carbonyl (C=O) groups is 3. The summed E-state index contributed by atoms with van der Waals surface area (Å²) in [6.45, 7) is 2.16. The Bertz CT molecular complexity index is 1020. The van der Waals surface area contributed by atoms with E-state index in [9.17, 15) is 22.8 Å². The summed E-state index contributed by atoms with van der Waals surface area (Å²) in [7, 11) is 0. The Hall–Kier alpha value is -3.18. The average Bonchev–Trinajstić information content (AvgIpc) is 3.46. The van der Waals surface area contributed by atoms with Crippen LogP contribution in [0.3, 0.4) is 0 Å². The number of likely N-dealkylation sites (tertiary alicyclic amines) is 1. The Balaban J connectivity index is 0.000000405. The summed E-state index contributed by atoms with van der Waals surface area (Å²) in [5.41, 5.74) is 1.75. The zero-order valence-electron chi connectivity index (χ0n) is 20.4. The second-order valence-electron chi connectivity index (χ2n) is 10.2. The molecule has 3 fully saturated rings. The second-order valence-corrected chi connectivity index (χ2v) is 10.2. The molecule has 1 saturated heterocycles. The molecular formula is C25H31F3N4O5. The number of carbonyl (C=O) groups excluding carboxylic acids is 2. The molecule has 0 aromatic carbocycles. The molecule has 0 radical (unpaired) electrons. The fourth-order valence-corrected chi connectivity index (χ4v) is 5.51. The minimum Gasteiger partial charge on any atom is -0.475 e. The number of aliphatic carboxylic acids is 1. The van der Waals surface area contributed by atoms with Gasteiger partial charge in [-0.25, -0.2) is 4.79 Å². The van der Waals surface area contributed by atoms with Crippen LogP contribution in [0.5, 0.6) is 0 Å². The van der Waals surface area contributed by atoms with Gasteiger partial charge in [-0.05, 0) is 74.0 Å². The minimum atomic E-state index is -5.08. The number of nitrogens with zero attached hydrogens (tertiary/aromatic N) is 3. The van der Waals surface area contributed by atoms with Crippen molar-refractivity contribution in [3.63, 3.8) is 0 Å². The lowest BCUT2D eigenvalue weighted by molar-refractivity contribution is -0.192. The summed E-state index contributed by atoms with van der Waals surface area (Å²) in [5, 5.41) is 14.4. The summed E-state index contributed by atoms with van der Waals surface area (Å²) < 4.78 is 31.7. The predicted molar refractivity (Wildman–Crippen MR) is 125 cm³/mol. The molecule has 9 nitrogen and oxygen atoms in total. The van der Waals surface area contributed by atoms with Crippen molar-refractivity contribution in [3.05, 3.63) is 30.1 Å². The van der Waals surface area contributed by atoms with E-state index in [-0.39, 0.29) is 23.3 Å². The van der Waals surface area contributed by atoms with Crippen LogP contribution in [0.15, 0.2) is 29.7 Å². The Morgan fingerprint density at radius 1 is 1.11 bits per heavy atom. The van der Waals surface area contributed by atoms with Gasteiger partial charge in [0.15, 0.2) is 5.71 Å². The van der Waals surface area contributed by atoms with Crippen LogP contribution in [-0.2, 0) is 25.6 Å². The molecule has 5 rings (SSSR count). The molecule has 0 unspecified atom stereocenters. The lowest BCUT2D eigenvalue weighted by atomic mass is 9.68. The second kappa shape index (κ2) is 11.1. The molecule has 2 N–H and O–H groups in total. The standard InChI is InChI=1S/C23H30N4O3.C2HF3O2/c28-19(15-17-1-2-17)27-13-8-23(9-14-27)7-3-18-20(23)21(26-30-18)22(29)25-12-6-16-4-10-24-11-5-16;3-2(4,5)1(6)7/h4-5,10-11,17-18,20H,1-3,6-9,12-15H2,(H,25,29);(H,6,7)/t18-,20+;/m0./s1. The first-order valence-corrected chi connectivity index (χ1v) is 12.6. The summed E-state index contributed by atoms with van der Waals surface area (Å²) in [4.78, 5) is 46.0. The molecule has 2 aliphatic carbocycles. The van der Waals surface area contributed by atoms with E-state index >= 15 is 0 Å². The van der Waals surface area contributed by atoms with Crippen molar-refractivity contribution in [3.8, 4) is 0 Å². The number of pyridine rings is 1. The van der Waals surface area contributed by atoms with Crippen LogP contribution in [0.25, 0.3) is 0 Å². The third-order valence-electron chi connectivity index (χ3n) is 7.74. The number of piperidine rings is 1. The van der Waals surface area contributed by atoms with Crippen molar-refractivity contribution < 1.29 is 37.5 Å². The number of aromatic nitrogens is 1. The van der Waals surface area contributed by atoms with Crippen LogP contribution < -0.4 is 5.32 Å². The maximum atomic E-state index is 12.9. The fraction of sp³-hybridized carbons (Fsp3) is 0.640. The molecule has 4 aliphatic rings. The van der Waals surface area contributed by atoms with Crippen molar-refractivity contribution >= 4 is 23.5 Å². The lowest BCUT2D eigenvalue weighted by Gasteiger charge is -2.42. The Labute approximate surface area is 212 Å². The van der Waals surface area contributed by atoms with Crippen molar-refractivity contribution in [2.24, 2.45) is 22.4 Å². The van der Waals surface area contributed by atoms with Gasteiger partial charge in [-0.15, -0.1) is 0 Å². The van der Waals surface area contributed by atoms with Gasteiger partial charge < -0.3 is 20.2 Å². The van der Waals surface area contributed by atoms with Crippen LogP contribution in [0, 0.1) is 17.3 Å². The average molecular weight is 525 g/mol. The highest BCUT2D eigenvalue weighted by molar-refractivity contribution is 6.40. The number of hydrogen-bond acceptors (Lipinski definition) is 6. The fourth-order valence-electron chi connectivity index (χ4n) is 5.51. The summed E-state index contributed by atoms with van der Waals surface area (Å²) in [6.07, 6.45) is 6.24. The van der Waals surface area contributed by atoms with Crippen molar-refractivity contribution in [1.82, 2.24) is 15.2 Å². The van der Waals surface area contributed by atoms with Crippen molar-refractivity contribution in [1.29, 1.82) is 0 Å². The Kier molecular flexibility index (Phi) is 8.03. The van der Waals surface area contributed by atoms with Crippen molar-refractivity contribution in [2.45, 2.75) is 63.6 Å². The van der Waals surface area contributed by atoms with E-state index in [4.69, 9.17) is 14.7 Å². The SMILES string of the molecule is O=C(NCCc1ccncc1)C1=NO[C@H]2CCC3(CCN(C(=O)CC4CC4)CC3)[C@@H]12.O=C(O)C(F)(F)F. The smallest absolute Gasteiger partial charge is 0.475 e. The predicted octanol–water partition coefficient (Wildman–Crippen LogP) is 2.95. The summed E-state index contributed by atoms with van der Waals surface area (Å²) in [6, 6.07) is 3.92. The van der Waals surface area contributed by atoms with Crippen LogP contribution in [0.2, 0.25) is 0 Å². The van der Waals surface area contributed by atoms with E-state index in [2.05, 4.69) is 15.5 Å². The van der Waals surface area contributed by atoms with Gasteiger partial charge in [0.25, 0.3) is 5.91 Å². The molecule has 2 atom stereocenters. The number of hydrogen-bond donors (Lipinski definition) is 2. The molecule has 1 spiro atoms. The number of oxime groups is 1. The van der Waals surface area contributed by atoms with Crippen LogP contribution in [0.1, 0.15) is 50.5 Å². The van der Waals surface area contributed by atoms with Crippen molar-refractivity contribution in [2.75, 3.05) is 19.6 Å². The third kappa shape index (κ3) is 6.58. The normalized spacial score (nSPS) is 23.9. The highest BCUT2D eigenvalue weighted by Crippen LogP contribution is 2.54. The molecule has 1 aromatic rings. The first-order chi connectivity index (χ1) is 17.6. The highest BCUT2D eigenvalue weighted by Gasteiger charge is 2.57. The number of alkyl halides is 3. The first-order valence-electron chi connectivity index (χ1n) is 12.6. The number of fused-ring (bicyclic) bond motifs is 2. The largest absolute Gasteiger partial charge is 0.490 e. The van der Waals surface area contributed by atoms with Gasteiger partial charge in [-0.1, -0.05) is 5.16 Å². The topological polar surface area (TPSA) is 121 Å². The highest BCUT2D eigenvalue weighted by atomic mass is 19.4. The van der Waals surface area contributed by atoms with Gasteiger partial charge >= 0.3 is 12.1 Å². The quantitative estimate of drug-likeness (QED) is 0.590. The number of nitrogens with one attached hydrogen (secondary N) is 1. The first kappa shape index (κ1) is 26.9. The van der Waals surface area contributed by atoms with Gasteiger partial charge in [0.2, 0.25) is 5.91 Å². The molecule has 37 heavy (non-hydrogen) atoms. The van der Waals surface area contributed by atoms with Gasteiger partial charge in [-0.3, -0.25) is 14.6 Å². The molecule has 2 amide bonds. The Morgan fingerprint density at radius 2 is 1.76 bits per heavy atom. The Morgan fingerprint density at radius 3 is 2.35 bits per heavy atom. The lowest BCUT2D eigenvalue weighted by Crippen LogP contribution is -2.49. The summed E-state index contributed by atoms with van der Waals surface area (Å²) >= 11 is 0. The van der Waals surface area contributed by atoms with E-state index in [0.717, 1.165) is 57.2 Å². The van der Waals surface area contributed by atoms with E-state index in [0.29, 0.717) is 24.1 Å². The third-order valence-corrected chi connectivity index (χ3v) is 7.74. The minimum absolute atomic E-state index is 0.0136. The van der Waals surface area contributed by atoms with E-state index in [1.54, 1.807) is 12.4 Å². The molecule has 0 bridgehead atoms. The number of carboxylic acid groups (broad SMARTS) is 1. The number of rotatable bonds is 6. The summed E-state index contributed by atoms with van der Waals surface area (Å²) in [5.74, 6) is -1.87. The molecule has 2 aliphatic heterocycles. The van der Waals surface area contributed by atoms with Crippen LogP contribution in [-0.4, -0.2) is 70.4 Å². The molecule has 2 saturated carbocycles. The monoisotopic (exact) mass is 524 g/mol.